The predicted molar refractivity (Wildman–Crippen MR) is 153 cm³/mol. The first-order chi connectivity index (χ1) is 20.1. The summed E-state index contributed by atoms with van der Waals surface area (Å²) < 4.78 is 41.4. The molecule has 0 unspecified atom stereocenters. The number of pyridine rings is 2. The summed E-state index contributed by atoms with van der Waals surface area (Å²) in [4.78, 5) is 33.3. The number of benzene rings is 3. The topological polar surface area (TPSA) is 116 Å². The molecule has 0 saturated carbocycles. The normalized spacial score (nSPS) is 11.2. The Morgan fingerprint density at radius 2 is 1.52 bits per heavy atom. The van der Waals surface area contributed by atoms with Crippen molar-refractivity contribution < 1.29 is 27.9 Å². The van der Waals surface area contributed by atoms with Gasteiger partial charge in [-0.2, -0.15) is 18.4 Å². The van der Waals surface area contributed by atoms with Crippen molar-refractivity contribution in [1.82, 2.24) is 9.97 Å². The second kappa shape index (κ2) is 11.7. The summed E-state index contributed by atoms with van der Waals surface area (Å²) in [5.74, 6) is -1.90. The van der Waals surface area contributed by atoms with Crippen LogP contribution >= 0.6 is 11.8 Å². The lowest BCUT2D eigenvalue weighted by molar-refractivity contribution is -0.138. The fraction of sp³-hybridized carbons (Fsp3) is 0.0645. The number of carboxylic acid groups (broad SMARTS) is 1. The van der Waals surface area contributed by atoms with Gasteiger partial charge in [-0.15, -0.1) is 0 Å². The van der Waals surface area contributed by atoms with Crippen LogP contribution in [0, 0.1) is 11.3 Å². The highest BCUT2D eigenvalue weighted by molar-refractivity contribution is 8.00. The molecular weight excluding hydrogens is 565 g/mol. The average Bonchev–Trinajstić information content (AvgIpc) is 2.99. The van der Waals surface area contributed by atoms with Gasteiger partial charge in [0.2, 0.25) is 5.91 Å². The third-order valence-electron chi connectivity index (χ3n) is 6.22. The average molecular weight is 585 g/mol. The zero-order valence-electron chi connectivity index (χ0n) is 21.5. The quantitative estimate of drug-likeness (QED) is 0.193. The number of aromatic nitrogens is 2. The molecule has 2 aromatic heterocycles. The molecule has 11 heteroatoms. The second-order valence-electron chi connectivity index (χ2n) is 9.00. The van der Waals surface area contributed by atoms with Gasteiger partial charge < -0.3 is 10.4 Å². The van der Waals surface area contributed by atoms with Gasteiger partial charge >= 0.3 is 12.1 Å². The predicted octanol–water partition coefficient (Wildman–Crippen LogP) is 7.28. The monoisotopic (exact) mass is 584 g/mol. The molecule has 0 radical (unpaired) electrons. The number of carbonyl (C=O) groups excluding carboxylic acids is 1. The lowest BCUT2D eigenvalue weighted by atomic mass is 10.0. The van der Waals surface area contributed by atoms with Crippen LogP contribution in [0.15, 0.2) is 96.0 Å². The van der Waals surface area contributed by atoms with Gasteiger partial charge in [-0.05, 0) is 30.3 Å². The summed E-state index contributed by atoms with van der Waals surface area (Å²) in [6.07, 6.45) is -4.79. The van der Waals surface area contributed by atoms with E-state index >= 15 is 0 Å². The van der Waals surface area contributed by atoms with Crippen LogP contribution in [0.5, 0.6) is 0 Å². The largest absolute Gasteiger partial charge is 0.478 e. The van der Waals surface area contributed by atoms with Crippen molar-refractivity contribution in [3.05, 3.63) is 108 Å². The van der Waals surface area contributed by atoms with E-state index in [4.69, 9.17) is 0 Å². The lowest BCUT2D eigenvalue weighted by Crippen LogP contribution is -2.15. The molecule has 42 heavy (non-hydrogen) atoms. The van der Waals surface area contributed by atoms with Crippen LogP contribution in [0.1, 0.15) is 21.5 Å². The molecule has 0 fully saturated rings. The van der Waals surface area contributed by atoms with Gasteiger partial charge in [0.1, 0.15) is 11.1 Å². The Morgan fingerprint density at radius 1 is 0.881 bits per heavy atom. The fourth-order valence-corrected chi connectivity index (χ4v) is 5.07. The lowest BCUT2D eigenvalue weighted by Gasteiger charge is -2.14. The second-order valence-corrected chi connectivity index (χ2v) is 9.97. The maximum Gasteiger partial charge on any atom is 0.417 e. The van der Waals surface area contributed by atoms with Gasteiger partial charge in [0.15, 0.2) is 0 Å². The summed E-state index contributed by atoms with van der Waals surface area (Å²) in [5, 5.41) is 22.1. The van der Waals surface area contributed by atoms with Gasteiger partial charge in [0, 0.05) is 22.2 Å². The van der Waals surface area contributed by atoms with E-state index in [1.54, 1.807) is 84.9 Å². The van der Waals surface area contributed by atoms with Gasteiger partial charge in [-0.25, -0.2) is 14.8 Å². The van der Waals surface area contributed by atoms with Crippen molar-refractivity contribution >= 4 is 40.2 Å². The molecule has 0 saturated heterocycles. The van der Waals surface area contributed by atoms with E-state index in [9.17, 15) is 33.1 Å². The Labute approximate surface area is 241 Å². The Morgan fingerprint density at radius 3 is 2.19 bits per heavy atom. The highest BCUT2D eigenvalue weighted by Crippen LogP contribution is 2.38. The molecule has 208 valence electrons. The number of nitrogens with one attached hydrogen (secondary N) is 1. The number of carbonyl (C=O) groups is 2. The molecule has 3 aromatic carbocycles. The zero-order valence-corrected chi connectivity index (χ0v) is 22.3. The minimum absolute atomic E-state index is 0.0359. The third-order valence-corrected chi connectivity index (χ3v) is 7.20. The third kappa shape index (κ3) is 6.09. The minimum Gasteiger partial charge on any atom is -0.478 e. The SMILES string of the molecule is N#Cc1c(C(F)(F)F)cc(-c2ccccc2)nc1SCC(=O)Nc1ccc(-c2cc(C(=O)O)c3ccccc3n2)cc1. The van der Waals surface area contributed by atoms with E-state index < -0.39 is 29.2 Å². The number of hydrogen-bond donors (Lipinski definition) is 2. The Kier molecular flexibility index (Phi) is 7.91. The Bertz CT molecular complexity index is 1850. The first-order valence-corrected chi connectivity index (χ1v) is 13.4. The molecule has 0 atom stereocenters. The number of alkyl halides is 3. The molecule has 7 nitrogen and oxygen atoms in total. The summed E-state index contributed by atoms with van der Waals surface area (Å²) in [6, 6.07) is 25.6. The number of carboxylic acids is 1. The van der Waals surface area contributed by atoms with E-state index in [0.717, 1.165) is 17.8 Å². The number of hydrogen-bond acceptors (Lipinski definition) is 6. The number of fused-ring (bicyclic) bond motifs is 1. The van der Waals surface area contributed by atoms with Crippen molar-refractivity contribution in [3.8, 4) is 28.6 Å². The van der Waals surface area contributed by atoms with Gasteiger partial charge in [0.25, 0.3) is 0 Å². The van der Waals surface area contributed by atoms with E-state index in [1.807, 2.05) is 0 Å². The van der Waals surface area contributed by atoms with Crippen molar-refractivity contribution in [2.75, 3.05) is 11.1 Å². The first kappa shape index (κ1) is 28.3. The molecule has 5 rings (SSSR count). The Hall–Kier alpha value is -5.21. The van der Waals surface area contributed by atoms with E-state index in [-0.39, 0.29) is 22.0 Å². The van der Waals surface area contributed by atoms with Crippen LogP contribution in [-0.2, 0) is 11.0 Å². The zero-order chi connectivity index (χ0) is 29.9. The molecule has 1 amide bonds. The number of nitrogens with zero attached hydrogens (tertiary/aromatic N) is 3. The smallest absolute Gasteiger partial charge is 0.417 e. The number of rotatable bonds is 7. The number of aromatic carboxylic acids is 1. The molecule has 0 aliphatic heterocycles. The fourth-order valence-electron chi connectivity index (χ4n) is 4.27. The standard InChI is InChI=1S/C31H19F3N4O3S/c32-31(33,34)24-15-27(18-6-2-1-3-7-18)38-29(23(24)16-35)42-17-28(39)36-20-12-10-19(11-13-20)26-14-22(30(40)41)21-8-4-5-9-25(21)37-26/h1-15H,17H2,(H,36,39)(H,40,41). The minimum atomic E-state index is -4.79. The molecule has 0 aliphatic carbocycles. The summed E-state index contributed by atoms with van der Waals surface area (Å²) in [5.41, 5.74) is 0.815. The van der Waals surface area contributed by atoms with Crippen LogP contribution < -0.4 is 5.32 Å². The maximum absolute atomic E-state index is 13.8. The highest BCUT2D eigenvalue weighted by Gasteiger charge is 2.36. The van der Waals surface area contributed by atoms with Gasteiger partial charge in [0.05, 0.1) is 39.3 Å². The van der Waals surface area contributed by atoms with E-state index in [1.165, 1.54) is 6.07 Å². The van der Waals surface area contributed by atoms with Crippen LogP contribution in [0.25, 0.3) is 33.4 Å². The van der Waals surface area contributed by atoms with Crippen molar-refractivity contribution in [2.24, 2.45) is 0 Å². The molecule has 2 heterocycles. The van der Waals surface area contributed by atoms with E-state index in [0.29, 0.717) is 33.4 Å². The highest BCUT2D eigenvalue weighted by atomic mass is 32.2. The summed E-state index contributed by atoms with van der Waals surface area (Å²) in [7, 11) is 0. The van der Waals surface area contributed by atoms with Crippen LogP contribution in [0.3, 0.4) is 0 Å². The van der Waals surface area contributed by atoms with Crippen molar-refractivity contribution in [1.29, 1.82) is 5.26 Å². The first-order valence-electron chi connectivity index (χ1n) is 12.4. The molecule has 2 N–H and O–H groups in total. The van der Waals surface area contributed by atoms with Crippen LogP contribution in [-0.4, -0.2) is 32.7 Å². The molecule has 0 bridgehead atoms. The number of anilines is 1. The molecule has 0 spiro atoms. The van der Waals surface area contributed by atoms with Crippen molar-refractivity contribution in [2.45, 2.75) is 11.2 Å². The summed E-state index contributed by atoms with van der Waals surface area (Å²) >= 11 is 0.732. The number of nitriles is 1. The number of thioether (sulfide) groups is 1. The number of para-hydroxylation sites is 1. The number of halogens is 3. The Balaban J connectivity index is 1.34. The summed E-state index contributed by atoms with van der Waals surface area (Å²) in [6.45, 7) is 0. The van der Waals surface area contributed by atoms with Gasteiger partial charge in [-0.1, -0.05) is 72.4 Å². The van der Waals surface area contributed by atoms with Crippen LogP contribution in [0.4, 0.5) is 18.9 Å². The molecule has 5 aromatic rings. The van der Waals surface area contributed by atoms with Crippen LogP contribution in [0.2, 0.25) is 0 Å². The number of amides is 1. The maximum atomic E-state index is 13.8. The van der Waals surface area contributed by atoms with Gasteiger partial charge in [-0.3, -0.25) is 4.79 Å². The van der Waals surface area contributed by atoms with E-state index in [2.05, 4.69) is 15.3 Å². The molecular formula is C31H19F3N4O3S. The van der Waals surface area contributed by atoms with Crippen molar-refractivity contribution in [3.63, 3.8) is 0 Å². The molecule has 0 aliphatic rings.